The number of cyclic esters (lactones) is 1. The molecule has 1 aliphatic heterocycles. The molecule has 2 heterocycles. The number of rotatable bonds is 7. The molecule has 0 saturated carbocycles. The number of carbonyl (C=O) groups excluding carboxylic acids is 1. The molecule has 6 heteroatoms. The summed E-state index contributed by atoms with van der Waals surface area (Å²) in [6, 6.07) is 17.6. The van der Waals surface area contributed by atoms with Crippen molar-refractivity contribution >= 4 is 6.09 Å². The molecular formula is C28H31FN2O3. The Morgan fingerprint density at radius 1 is 1.00 bits per heavy atom. The van der Waals surface area contributed by atoms with Crippen LogP contribution in [-0.2, 0) is 17.4 Å². The number of aromatic nitrogens is 1. The first-order valence-electron chi connectivity index (χ1n) is 11.9. The number of carbonyl (C=O) groups is 1. The van der Waals surface area contributed by atoms with E-state index in [9.17, 15) is 14.0 Å². The predicted octanol–water partition coefficient (Wildman–Crippen LogP) is 6.18. The maximum atomic E-state index is 13.5. The fraction of sp³-hybridized carbons (Fsp3) is 0.357. The van der Waals surface area contributed by atoms with E-state index in [4.69, 9.17) is 4.74 Å². The summed E-state index contributed by atoms with van der Waals surface area (Å²) in [6.07, 6.45) is 4.76. The van der Waals surface area contributed by atoms with Gasteiger partial charge in [-0.3, -0.25) is 4.79 Å². The molecule has 0 radical (unpaired) electrons. The van der Waals surface area contributed by atoms with Gasteiger partial charge in [-0.05, 0) is 60.2 Å². The zero-order chi connectivity index (χ0) is 24.3. The quantitative estimate of drug-likeness (QED) is 0.421. The first-order valence-corrected chi connectivity index (χ1v) is 11.9. The molecule has 2 aromatic carbocycles. The number of nitrogens with zero attached hydrogens (tertiary/aromatic N) is 2. The van der Waals surface area contributed by atoms with Crippen LogP contribution in [0.4, 0.5) is 9.18 Å². The fourth-order valence-corrected chi connectivity index (χ4v) is 4.66. The van der Waals surface area contributed by atoms with Gasteiger partial charge in [0.05, 0.1) is 6.04 Å². The molecule has 5 nitrogen and oxygen atoms in total. The van der Waals surface area contributed by atoms with Crippen molar-refractivity contribution < 1.29 is 13.9 Å². The third-order valence-electron chi connectivity index (χ3n) is 6.86. The number of pyridine rings is 1. The number of benzene rings is 2. The van der Waals surface area contributed by atoms with Crippen LogP contribution in [0.1, 0.15) is 56.7 Å². The Balaban J connectivity index is 1.52. The number of halogens is 1. The van der Waals surface area contributed by atoms with Crippen LogP contribution in [-0.4, -0.2) is 22.1 Å². The minimum atomic E-state index is -0.718. The Kier molecular flexibility index (Phi) is 6.87. The number of hydrogen-bond donors (Lipinski definition) is 0. The molecule has 1 aromatic heterocycles. The van der Waals surface area contributed by atoms with E-state index in [2.05, 4.69) is 6.92 Å². The molecule has 1 saturated heterocycles. The average molecular weight is 463 g/mol. The first-order chi connectivity index (χ1) is 16.3. The van der Waals surface area contributed by atoms with E-state index in [0.29, 0.717) is 13.0 Å². The Hall–Kier alpha value is -3.41. The second-order valence-electron chi connectivity index (χ2n) is 9.08. The maximum Gasteiger partial charge on any atom is 0.411 e. The highest BCUT2D eigenvalue weighted by Crippen LogP contribution is 2.40. The van der Waals surface area contributed by atoms with Crippen molar-refractivity contribution in [3.63, 3.8) is 0 Å². The zero-order valence-corrected chi connectivity index (χ0v) is 20.0. The molecule has 0 spiro atoms. The van der Waals surface area contributed by atoms with E-state index in [1.807, 2.05) is 43.5 Å². The summed E-state index contributed by atoms with van der Waals surface area (Å²) in [6.45, 7) is 4.67. The second kappa shape index (κ2) is 9.84. The van der Waals surface area contributed by atoms with Gasteiger partial charge < -0.3 is 14.2 Å². The molecule has 34 heavy (non-hydrogen) atoms. The fourth-order valence-electron chi connectivity index (χ4n) is 4.66. The van der Waals surface area contributed by atoms with Crippen LogP contribution in [0, 0.1) is 5.82 Å². The maximum absolute atomic E-state index is 13.5. The van der Waals surface area contributed by atoms with Crippen molar-refractivity contribution in [2.24, 2.45) is 7.05 Å². The topological polar surface area (TPSA) is 51.5 Å². The number of unbranched alkanes of at least 4 members (excludes halogenated alkanes) is 1. The molecule has 2 atom stereocenters. The van der Waals surface area contributed by atoms with Crippen LogP contribution in [0.3, 0.4) is 0 Å². The van der Waals surface area contributed by atoms with Crippen LogP contribution < -0.4 is 5.56 Å². The largest absolute Gasteiger partial charge is 0.438 e. The van der Waals surface area contributed by atoms with Gasteiger partial charge in [0, 0.05) is 32.3 Å². The highest BCUT2D eigenvalue weighted by Gasteiger charge is 2.43. The lowest BCUT2D eigenvalue weighted by Gasteiger charge is -2.43. The van der Waals surface area contributed by atoms with Gasteiger partial charge in [-0.25, -0.2) is 9.18 Å². The van der Waals surface area contributed by atoms with Crippen molar-refractivity contribution in [1.82, 2.24) is 9.47 Å². The summed E-state index contributed by atoms with van der Waals surface area (Å²) in [5, 5.41) is 0. The molecule has 4 rings (SSSR count). The monoisotopic (exact) mass is 462 g/mol. The van der Waals surface area contributed by atoms with Gasteiger partial charge in [-0.2, -0.15) is 0 Å². The van der Waals surface area contributed by atoms with Crippen LogP contribution in [0.5, 0.6) is 0 Å². The summed E-state index contributed by atoms with van der Waals surface area (Å²) in [5.41, 5.74) is 3.05. The standard InChI is InChI=1S/C28H31FN2O3/c1-4-5-16-28(24-11-13-25(29)14-12-24)17-18-31(27(33)34-28)20(2)21-6-8-22(9-7-21)23-10-15-26(32)30(3)19-23/h6-15,19-20H,4-5,16-18H2,1-3H3/t20-,28+/m0/s1. The molecule has 1 fully saturated rings. The average Bonchev–Trinajstić information content (AvgIpc) is 2.84. The van der Waals surface area contributed by atoms with Crippen molar-refractivity contribution in [3.05, 3.63) is 94.2 Å². The van der Waals surface area contributed by atoms with Gasteiger partial charge in [0.2, 0.25) is 5.56 Å². The molecule has 1 aliphatic rings. The Labute approximate surface area is 199 Å². The van der Waals surface area contributed by atoms with Crippen LogP contribution >= 0.6 is 0 Å². The van der Waals surface area contributed by atoms with Gasteiger partial charge in [-0.1, -0.05) is 49.7 Å². The smallest absolute Gasteiger partial charge is 0.411 e. The second-order valence-corrected chi connectivity index (χ2v) is 9.08. The molecule has 1 amide bonds. The van der Waals surface area contributed by atoms with E-state index >= 15 is 0 Å². The molecule has 0 bridgehead atoms. The third-order valence-corrected chi connectivity index (χ3v) is 6.86. The lowest BCUT2D eigenvalue weighted by molar-refractivity contribution is -0.0665. The first kappa shape index (κ1) is 23.7. The molecule has 0 N–H and O–H groups in total. The number of amides is 1. The minimum absolute atomic E-state index is 0.0479. The zero-order valence-electron chi connectivity index (χ0n) is 20.0. The summed E-state index contributed by atoms with van der Waals surface area (Å²) in [7, 11) is 1.73. The molecule has 3 aromatic rings. The molecular weight excluding hydrogens is 431 g/mol. The van der Waals surface area contributed by atoms with Gasteiger partial charge in [0.15, 0.2) is 0 Å². The highest BCUT2D eigenvalue weighted by atomic mass is 19.1. The summed E-state index contributed by atoms with van der Waals surface area (Å²) < 4.78 is 21.2. The minimum Gasteiger partial charge on any atom is -0.438 e. The van der Waals surface area contributed by atoms with E-state index in [0.717, 1.165) is 41.5 Å². The Bertz CT molecular complexity index is 1200. The van der Waals surface area contributed by atoms with Crippen molar-refractivity contribution in [2.75, 3.05) is 6.54 Å². The normalized spacial score (nSPS) is 19.1. The van der Waals surface area contributed by atoms with E-state index < -0.39 is 5.60 Å². The SMILES string of the molecule is CCCC[C@]1(c2ccc(F)cc2)CCN([C@@H](C)c2ccc(-c3ccc(=O)n(C)c3)cc2)C(=O)O1. The van der Waals surface area contributed by atoms with Crippen molar-refractivity contribution in [1.29, 1.82) is 0 Å². The number of ether oxygens (including phenoxy) is 1. The van der Waals surface area contributed by atoms with Crippen molar-refractivity contribution in [2.45, 2.75) is 51.2 Å². The van der Waals surface area contributed by atoms with E-state index in [-0.39, 0.29) is 23.5 Å². The lowest BCUT2D eigenvalue weighted by atomic mass is 9.84. The van der Waals surface area contributed by atoms with E-state index in [1.165, 1.54) is 12.1 Å². The number of aryl methyl sites for hydroxylation is 1. The Morgan fingerprint density at radius 3 is 2.29 bits per heavy atom. The molecule has 0 unspecified atom stereocenters. The molecule has 178 valence electrons. The predicted molar refractivity (Wildman–Crippen MR) is 131 cm³/mol. The Morgan fingerprint density at radius 2 is 1.68 bits per heavy atom. The van der Waals surface area contributed by atoms with Gasteiger partial charge in [-0.15, -0.1) is 0 Å². The van der Waals surface area contributed by atoms with E-state index in [1.54, 1.807) is 34.7 Å². The summed E-state index contributed by atoms with van der Waals surface area (Å²) in [5.74, 6) is -0.298. The number of hydrogen-bond acceptors (Lipinski definition) is 3. The van der Waals surface area contributed by atoms with Gasteiger partial charge >= 0.3 is 6.09 Å². The molecule has 0 aliphatic carbocycles. The van der Waals surface area contributed by atoms with Gasteiger partial charge in [0.25, 0.3) is 0 Å². The highest BCUT2D eigenvalue weighted by molar-refractivity contribution is 5.70. The van der Waals surface area contributed by atoms with Gasteiger partial charge in [0.1, 0.15) is 11.4 Å². The third kappa shape index (κ3) is 4.76. The van der Waals surface area contributed by atoms with Crippen LogP contribution in [0.15, 0.2) is 71.7 Å². The van der Waals surface area contributed by atoms with Crippen LogP contribution in [0.25, 0.3) is 11.1 Å². The lowest BCUT2D eigenvalue weighted by Crippen LogP contribution is -2.48. The van der Waals surface area contributed by atoms with Crippen molar-refractivity contribution in [3.8, 4) is 11.1 Å². The summed E-state index contributed by atoms with van der Waals surface area (Å²) in [4.78, 5) is 26.6. The van der Waals surface area contributed by atoms with Crippen LogP contribution in [0.2, 0.25) is 0 Å². The summed E-state index contributed by atoms with van der Waals surface area (Å²) >= 11 is 0.